The number of anilines is 1. The lowest BCUT2D eigenvalue weighted by Gasteiger charge is -2.08. The van der Waals surface area contributed by atoms with Crippen LogP contribution < -0.4 is 15.8 Å². The predicted octanol–water partition coefficient (Wildman–Crippen LogP) is 2.05. The first kappa shape index (κ1) is 19.5. The number of aromatic nitrogens is 1. The van der Waals surface area contributed by atoms with Crippen LogP contribution >= 0.6 is 23.2 Å². The Balaban J connectivity index is 1.85. The van der Waals surface area contributed by atoms with Crippen molar-refractivity contribution in [2.24, 2.45) is 5.73 Å². The average Bonchev–Trinajstić information content (AvgIpc) is 2.60. The zero-order chi connectivity index (χ0) is 19.1. The topological polar surface area (TPSA) is 121 Å². The van der Waals surface area contributed by atoms with Crippen molar-refractivity contribution in [1.82, 2.24) is 4.98 Å². The lowest BCUT2D eigenvalue weighted by atomic mass is 10.2. The molecule has 26 heavy (non-hydrogen) atoms. The maximum atomic E-state index is 11.9. The summed E-state index contributed by atoms with van der Waals surface area (Å²) in [5, 5.41) is 2.88. The summed E-state index contributed by atoms with van der Waals surface area (Å²) in [7, 11) is 0. The van der Waals surface area contributed by atoms with Crippen molar-refractivity contribution in [3.63, 3.8) is 0 Å². The minimum absolute atomic E-state index is 0.105. The molecule has 1 aromatic carbocycles. The second-order valence-electron chi connectivity index (χ2n) is 4.89. The van der Waals surface area contributed by atoms with Crippen LogP contribution in [0.1, 0.15) is 10.4 Å². The first-order chi connectivity index (χ1) is 12.3. The number of nitrogens with one attached hydrogen (secondary N) is 1. The summed E-state index contributed by atoms with van der Waals surface area (Å²) in [6, 6.07) is 7.20. The van der Waals surface area contributed by atoms with Gasteiger partial charge in [-0.2, -0.15) is 0 Å². The summed E-state index contributed by atoms with van der Waals surface area (Å²) in [6.07, 6.45) is 1.32. The number of nitrogens with two attached hydrogens (primary N) is 1. The van der Waals surface area contributed by atoms with Crippen LogP contribution in [0.3, 0.4) is 0 Å². The monoisotopic (exact) mass is 397 g/mol. The van der Waals surface area contributed by atoms with Crippen LogP contribution in [0.4, 0.5) is 5.82 Å². The van der Waals surface area contributed by atoms with E-state index in [4.69, 9.17) is 38.4 Å². The largest absolute Gasteiger partial charge is 0.484 e. The number of hydrogen-bond acceptors (Lipinski definition) is 6. The molecule has 0 unspecified atom stereocenters. The first-order valence-electron chi connectivity index (χ1n) is 7.14. The number of ether oxygens (including phenoxy) is 2. The van der Waals surface area contributed by atoms with Gasteiger partial charge in [0.25, 0.3) is 11.8 Å². The fraction of sp³-hybridized carbons (Fsp3) is 0.125. The molecule has 0 fully saturated rings. The van der Waals surface area contributed by atoms with Crippen LogP contribution in [0.15, 0.2) is 36.5 Å². The van der Waals surface area contributed by atoms with E-state index in [9.17, 15) is 14.4 Å². The maximum absolute atomic E-state index is 11.9. The quantitative estimate of drug-likeness (QED) is 0.689. The lowest BCUT2D eigenvalue weighted by molar-refractivity contribution is -0.120. The van der Waals surface area contributed by atoms with Crippen molar-refractivity contribution in [3.8, 4) is 5.75 Å². The highest BCUT2D eigenvalue weighted by atomic mass is 35.5. The van der Waals surface area contributed by atoms with Gasteiger partial charge < -0.3 is 20.5 Å². The highest BCUT2D eigenvalue weighted by Crippen LogP contribution is 2.22. The van der Waals surface area contributed by atoms with Gasteiger partial charge in [-0.25, -0.2) is 9.78 Å². The van der Waals surface area contributed by atoms with Crippen molar-refractivity contribution >= 4 is 46.8 Å². The van der Waals surface area contributed by atoms with E-state index in [0.29, 0.717) is 10.8 Å². The Morgan fingerprint density at radius 2 is 1.81 bits per heavy atom. The van der Waals surface area contributed by atoms with Crippen LogP contribution in [0, 0.1) is 0 Å². The van der Waals surface area contributed by atoms with Crippen LogP contribution in [-0.4, -0.2) is 36.0 Å². The molecule has 0 aliphatic carbocycles. The number of halogens is 2. The number of esters is 1. The molecule has 2 aromatic rings. The van der Waals surface area contributed by atoms with E-state index in [1.54, 1.807) is 0 Å². The van der Waals surface area contributed by atoms with Gasteiger partial charge in [-0.15, -0.1) is 0 Å². The van der Waals surface area contributed by atoms with E-state index >= 15 is 0 Å². The number of nitrogens with zero attached hydrogens (tertiary/aromatic N) is 1. The number of hydrogen-bond donors (Lipinski definition) is 2. The average molecular weight is 398 g/mol. The molecular formula is C16H13Cl2N3O5. The molecule has 0 spiro atoms. The summed E-state index contributed by atoms with van der Waals surface area (Å²) in [6.45, 7) is -0.801. The molecule has 2 rings (SSSR count). The zero-order valence-electron chi connectivity index (χ0n) is 13.2. The van der Waals surface area contributed by atoms with Crippen LogP contribution in [0.25, 0.3) is 0 Å². The maximum Gasteiger partial charge on any atom is 0.338 e. The van der Waals surface area contributed by atoms with Gasteiger partial charge in [-0.3, -0.25) is 9.59 Å². The zero-order valence-corrected chi connectivity index (χ0v) is 14.7. The van der Waals surface area contributed by atoms with Crippen molar-refractivity contribution in [3.05, 3.63) is 52.1 Å². The highest BCUT2D eigenvalue weighted by molar-refractivity contribution is 6.36. The fourth-order valence-electron chi connectivity index (χ4n) is 1.73. The minimum Gasteiger partial charge on any atom is -0.484 e. The number of carbonyl (C=O) groups excluding carboxylic acids is 3. The number of rotatable bonds is 7. The second-order valence-corrected chi connectivity index (χ2v) is 5.73. The molecule has 0 saturated heterocycles. The van der Waals surface area contributed by atoms with Crippen molar-refractivity contribution < 1.29 is 23.9 Å². The van der Waals surface area contributed by atoms with Crippen LogP contribution in [-0.2, 0) is 14.3 Å². The molecule has 3 N–H and O–H groups in total. The SMILES string of the molecule is NC(=O)COc1ccc(C(=O)OCC(=O)Nc2ncc(Cl)cc2Cl)cc1. The molecule has 8 nitrogen and oxygen atoms in total. The third-order valence-corrected chi connectivity index (χ3v) is 3.37. The summed E-state index contributed by atoms with van der Waals surface area (Å²) < 4.78 is 9.97. The first-order valence-corrected chi connectivity index (χ1v) is 7.90. The summed E-state index contributed by atoms with van der Waals surface area (Å²) in [4.78, 5) is 38.2. The van der Waals surface area contributed by atoms with E-state index in [1.165, 1.54) is 36.5 Å². The van der Waals surface area contributed by atoms with E-state index in [1.807, 2.05) is 0 Å². The van der Waals surface area contributed by atoms with Crippen molar-refractivity contribution in [2.75, 3.05) is 18.5 Å². The standard InChI is InChI=1S/C16H13Cl2N3O5/c17-10-5-12(18)15(20-6-10)21-14(23)8-26-16(24)9-1-3-11(4-2-9)25-7-13(19)22/h1-6H,7-8H2,(H2,19,22)(H,20,21,23). The van der Waals surface area contributed by atoms with Gasteiger partial charge in [0.2, 0.25) is 0 Å². The van der Waals surface area contributed by atoms with Crippen molar-refractivity contribution in [1.29, 1.82) is 0 Å². The fourth-order valence-corrected chi connectivity index (χ4v) is 2.16. The molecule has 10 heteroatoms. The smallest absolute Gasteiger partial charge is 0.338 e. The molecule has 0 atom stereocenters. The van der Waals surface area contributed by atoms with E-state index < -0.39 is 24.4 Å². The number of carbonyl (C=O) groups is 3. The molecule has 1 heterocycles. The highest BCUT2D eigenvalue weighted by Gasteiger charge is 2.12. The van der Waals surface area contributed by atoms with Gasteiger partial charge >= 0.3 is 5.97 Å². The molecule has 0 saturated carbocycles. The lowest BCUT2D eigenvalue weighted by Crippen LogP contribution is -2.21. The van der Waals surface area contributed by atoms with Gasteiger partial charge in [0.1, 0.15) is 5.75 Å². The van der Waals surface area contributed by atoms with Gasteiger partial charge in [-0.1, -0.05) is 23.2 Å². The Kier molecular flexibility index (Phi) is 6.76. The predicted molar refractivity (Wildman–Crippen MR) is 94.3 cm³/mol. The number of primary amides is 1. The van der Waals surface area contributed by atoms with Gasteiger partial charge in [0.05, 0.1) is 15.6 Å². The molecule has 136 valence electrons. The van der Waals surface area contributed by atoms with E-state index in [0.717, 1.165) is 0 Å². The Bertz CT molecular complexity index is 827. The number of amides is 2. The third-order valence-electron chi connectivity index (χ3n) is 2.87. The Morgan fingerprint density at radius 3 is 2.42 bits per heavy atom. The second kappa shape index (κ2) is 9.02. The van der Waals surface area contributed by atoms with Gasteiger partial charge in [0, 0.05) is 6.20 Å². The summed E-state index contributed by atoms with van der Waals surface area (Å²) in [5.74, 6) is -1.47. The molecule has 0 bridgehead atoms. The van der Waals surface area contributed by atoms with Crippen LogP contribution in [0.5, 0.6) is 5.75 Å². The number of benzene rings is 1. The van der Waals surface area contributed by atoms with E-state index in [-0.39, 0.29) is 23.0 Å². The molecule has 0 aliphatic heterocycles. The van der Waals surface area contributed by atoms with Crippen LogP contribution in [0.2, 0.25) is 10.0 Å². The summed E-state index contributed by atoms with van der Waals surface area (Å²) >= 11 is 11.6. The minimum atomic E-state index is -0.711. The molecule has 1 aromatic heterocycles. The third kappa shape index (κ3) is 5.91. The molecule has 0 radical (unpaired) electrons. The molecule has 2 amide bonds. The Morgan fingerprint density at radius 1 is 1.12 bits per heavy atom. The Labute approximate surface area is 158 Å². The van der Waals surface area contributed by atoms with E-state index in [2.05, 4.69) is 10.3 Å². The normalized spacial score (nSPS) is 10.1. The molecular weight excluding hydrogens is 385 g/mol. The Hall–Kier alpha value is -2.84. The molecule has 0 aliphatic rings. The number of pyridine rings is 1. The summed E-state index contributed by atoms with van der Waals surface area (Å²) in [5.41, 5.74) is 5.16. The van der Waals surface area contributed by atoms with Gasteiger partial charge in [-0.05, 0) is 30.3 Å². The van der Waals surface area contributed by atoms with Crippen molar-refractivity contribution in [2.45, 2.75) is 0 Å². The van der Waals surface area contributed by atoms with Gasteiger partial charge in [0.15, 0.2) is 19.0 Å².